The number of rotatable bonds is 21. The van der Waals surface area contributed by atoms with Gasteiger partial charge in [-0.2, -0.15) is 0 Å². The van der Waals surface area contributed by atoms with Crippen LogP contribution in [0.4, 0.5) is 0 Å². The molecule has 0 saturated heterocycles. The lowest BCUT2D eigenvalue weighted by atomic mass is 9.78. The third-order valence-electron chi connectivity index (χ3n) is 7.27. The van der Waals surface area contributed by atoms with E-state index in [9.17, 15) is 0 Å². The van der Waals surface area contributed by atoms with E-state index >= 15 is 0 Å². The summed E-state index contributed by atoms with van der Waals surface area (Å²) in [5.41, 5.74) is 1.47. The summed E-state index contributed by atoms with van der Waals surface area (Å²) in [5, 5.41) is 0. The minimum absolute atomic E-state index is 0.500. The number of unbranched alkanes of at least 4 members (excludes halogenated alkanes) is 13. The maximum atomic E-state index is 4.69. The minimum atomic E-state index is 0.500. The first-order valence-corrected chi connectivity index (χ1v) is 14.3. The molecule has 0 bridgehead atoms. The molecule has 0 spiro atoms. The molecular weight excluding hydrogens is 400 g/mol. The quantitative estimate of drug-likeness (QED) is 0.131. The van der Waals surface area contributed by atoms with Gasteiger partial charge in [0.25, 0.3) is 0 Å². The molecule has 1 aliphatic heterocycles. The molecule has 1 aromatic carbocycles. The maximum Gasteiger partial charge on any atom is 0.244 e. The predicted octanol–water partition coefficient (Wildman–Crippen LogP) is 9.78. The Labute approximate surface area is 205 Å². The van der Waals surface area contributed by atoms with Gasteiger partial charge in [0.1, 0.15) is 0 Å². The van der Waals surface area contributed by atoms with Crippen molar-refractivity contribution >= 4 is 12.4 Å². The van der Waals surface area contributed by atoms with Gasteiger partial charge in [0.05, 0.1) is 5.92 Å². The van der Waals surface area contributed by atoms with E-state index in [-0.39, 0.29) is 0 Å². The molecule has 0 amide bonds. The van der Waals surface area contributed by atoms with Crippen LogP contribution in [-0.4, -0.2) is 12.4 Å². The first-order chi connectivity index (χ1) is 16.3. The Hall–Kier alpha value is -1.57. The molecule has 0 aliphatic carbocycles. The lowest BCUT2D eigenvalue weighted by Gasteiger charge is -2.26. The first-order valence-electron chi connectivity index (χ1n) is 14.3. The van der Waals surface area contributed by atoms with E-state index in [4.69, 9.17) is 9.98 Å². The van der Waals surface area contributed by atoms with Gasteiger partial charge in [0, 0.05) is 0 Å². The molecule has 1 aromatic rings. The van der Waals surface area contributed by atoms with Crippen LogP contribution in [0.2, 0.25) is 0 Å². The number of benzene rings is 1. The smallest absolute Gasteiger partial charge is 0.0965 e. The summed E-state index contributed by atoms with van der Waals surface area (Å²) in [7, 11) is 0. The SMILES string of the molecule is CCCCCCCCCCC(Cc1ccccc1)C(CCCCCCCCC)[C+]1N=CC=N1. The van der Waals surface area contributed by atoms with Gasteiger partial charge < -0.3 is 0 Å². The topological polar surface area (TPSA) is 24.7 Å². The van der Waals surface area contributed by atoms with Crippen molar-refractivity contribution in [1.29, 1.82) is 0 Å². The van der Waals surface area contributed by atoms with Crippen LogP contribution in [0.5, 0.6) is 0 Å². The highest BCUT2D eigenvalue weighted by Crippen LogP contribution is 2.37. The van der Waals surface area contributed by atoms with Crippen LogP contribution in [0.3, 0.4) is 0 Å². The van der Waals surface area contributed by atoms with Gasteiger partial charge in [0.15, 0.2) is 12.4 Å². The number of aliphatic imine (C=N–C) groups is 2. The van der Waals surface area contributed by atoms with Gasteiger partial charge in [-0.3, -0.25) is 0 Å². The van der Waals surface area contributed by atoms with Crippen molar-refractivity contribution in [2.45, 2.75) is 129 Å². The molecule has 0 saturated carbocycles. The Morgan fingerprint density at radius 1 is 0.606 bits per heavy atom. The first kappa shape index (κ1) is 27.7. The standard InChI is InChI=1S/C31H51N2/c1-3-5-7-9-11-13-14-19-23-29(27-28-21-17-16-18-22-28)30(31-32-25-26-33-31)24-20-15-12-10-8-6-4-2/h16-18,21-22,25-26,29-30H,3-15,19-20,23-24,27H2,1-2H3/q+1. The largest absolute Gasteiger partial charge is 0.244 e. The van der Waals surface area contributed by atoms with Crippen LogP contribution in [0.1, 0.15) is 129 Å². The third-order valence-corrected chi connectivity index (χ3v) is 7.27. The molecule has 0 radical (unpaired) electrons. The lowest BCUT2D eigenvalue weighted by molar-refractivity contribution is 0.284. The van der Waals surface area contributed by atoms with Crippen molar-refractivity contribution in [1.82, 2.24) is 0 Å². The minimum Gasteiger partial charge on any atom is -0.0965 e. The Morgan fingerprint density at radius 2 is 1.09 bits per heavy atom. The fraction of sp³-hybridized carbons (Fsp3) is 0.710. The number of hydrogen-bond acceptors (Lipinski definition) is 2. The van der Waals surface area contributed by atoms with Gasteiger partial charge in [-0.1, -0.05) is 150 Å². The lowest BCUT2D eigenvalue weighted by Crippen LogP contribution is -2.22. The van der Waals surface area contributed by atoms with Crippen molar-refractivity contribution in [2.75, 3.05) is 0 Å². The Morgan fingerprint density at radius 3 is 1.64 bits per heavy atom. The zero-order chi connectivity index (χ0) is 23.4. The highest BCUT2D eigenvalue weighted by atomic mass is 15.0. The summed E-state index contributed by atoms with van der Waals surface area (Å²) in [6.07, 6.45) is 29.3. The fourth-order valence-electron chi connectivity index (χ4n) is 5.24. The molecule has 184 valence electrons. The van der Waals surface area contributed by atoms with Crippen LogP contribution < -0.4 is 0 Å². The summed E-state index contributed by atoms with van der Waals surface area (Å²) in [5.74, 6) is 1.15. The van der Waals surface area contributed by atoms with Crippen molar-refractivity contribution in [3.63, 3.8) is 0 Å². The molecule has 0 aromatic heterocycles. The molecule has 2 rings (SSSR count). The summed E-state index contributed by atoms with van der Waals surface area (Å²) in [6.45, 7) is 4.59. The Kier molecular flexibility index (Phi) is 15.8. The van der Waals surface area contributed by atoms with E-state index in [2.05, 4.69) is 44.2 Å². The average Bonchev–Trinajstić information content (AvgIpc) is 3.37. The second-order valence-corrected chi connectivity index (χ2v) is 10.1. The third kappa shape index (κ3) is 12.5. The number of hydrogen-bond donors (Lipinski definition) is 0. The van der Waals surface area contributed by atoms with Crippen molar-refractivity contribution in [3.05, 3.63) is 42.1 Å². The van der Waals surface area contributed by atoms with E-state index in [0.29, 0.717) is 11.8 Å². The van der Waals surface area contributed by atoms with Crippen LogP contribution >= 0.6 is 0 Å². The van der Waals surface area contributed by atoms with Crippen molar-refractivity contribution in [2.24, 2.45) is 21.8 Å². The van der Waals surface area contributed by atoms with Crippen LogP contribution in [0, 0.1) is 18.0 Å². The molecule has 2 heteroatoms. The summed E-state index contributed by atoms with van der Waals surface area (Å²) >= 11 is 0. The van der Waals surface area contributed by atoms with Crippen LogP contribution in [-0.2, 0) is 6.42 Å². The Bertz CT molecular complexity index is 609. The molecule has 1 heterocycles. The van der Waals surface area contributed by atoms with Gasteiger partial charge in [-0.25, -0.2) is 0 Å². The molecular formula is C31H51N2+. The monoisotopic (exact) mass is 451 g/mol. The maximum absolute atomic E-state index is 4.69. The normalized spacial score (nSPS) is 14.8. The highest BCUT2D eigenvalue weighted by molar-refractivity contribution is 6.18. The molecule has 2 unspecified atom stereocenters. The zero-order valence-corrected chi connectivity index (χ0v) is 21.8. The van der Waals surface area contributed by atoms with E-state index < -0.39 is 0 Å². The summed E-state index contributed by atoms with van der Waals surface area (Å²) in [6, 6.07) is 11.1. The molecule has 2 atom stereocenters. The van der Waals surface area contributed by atoms with E-state index in [1.807, 2.05) is 12.4 Å². The van der Waals surface area contributed by atoms with E-state index in [1.165, 1.54) is 115 Å². The molecule has 0 fully saturated rings. The molecule has 0 N–H and O–H groups in total. The predicted molar refractivity (Wildman–Crippen MR) is 147 cm³/mol. The number of nitrogens with zero attached hydrogens (tertiary/aromatic N) is 2. The van der Waals surface area contributed by atoms with Crippen molar-refractivity contribution < 1.29 is 0 Å². The average molecular weight is 452 g/mol. The zero-order valence-electron chi connectivity index (χ0n) is 21.8. The second kappa shape index (κ2) is 18.8. The highest BCUT2D eigenvalue weighted by Gasteiger charge is 2.35. The summed E-state index contributed by atoms with van der Waals surface area (Å²) in [4.78, 5) is 9.39. The molecule has 1 aliphatic rings. The Balaban J connectivity index is 1.87. The fourth-order valence-corrected chi connectivity index (χ4v) is 5.24. The van der Waals surface area contributed by atoms with Gasteiger partial charge in [-0.05, 0) is 30.7 Å². The van der Waals surface area contributed by atoms with Crippen LogP contribution in [0.25, 0.3) is 0 Å². The van der Waals surface area contributed by atoms with E-state index in [0.717, 1.165) is 12.6 Å². The second-order valence-electron chi connectivity index (χ2n) is 10.1. The molecule has 2 nitrogen and oxygen atoms in total. The van der Waals surface area contributed by atoms with Crippen molar-refractivity contribution in [3.8, 4) is 0 Å². The molecule has 33 heavy (non-hydrogen) atoms. The summed E-state index contributed by atoms with van der Waals surface area (Å²) < 4.78 is 0. The van der Waals surface area contributed by atoms with Crippen LogP contribution in [0.15, 0.2) is 40.3 Å². The van der Waals surface area contributed by atoms with Gasteiger partial charge in [0.2, 0.25) is 6.17 Å². The van der Waals surface area contributed by atoms with E-state index in [1.54, 1.807) is 0 Å². The van der Waals surface area contributed by atoms with Gasteiger partial charge in [-0.15, -0.1) is 0 Å². The van der Waals surface area contributed by atoms with Gasteiger partial charge >= 0.3 is 0 Å².